The van der Waals surface area contributed by atoms with E-state index in [4.69, 9.17) is 10.2 Å². The molecular weight excluding hydrogens is 256 g/mol. The third-order valence-corrected chi connectivity index (χ3v) is 3.31. The molecule has 110 valence electrons. The standard InChI is InChI=1S/C16H22O4/c1-9(2)15-11(7-13(17)18)5-6-12(8-14(19)20)16(15)10(3)4/h5-6,9-10H,7-8H2,1-4H3,(H,17,18)(H,19,20). The van der Waals surface area contributed by atoms with E-state index in [1.807, 2.05) is 27.7 Å². The first-order valence-corrected chi connectivity index (χ1v) is 6.82. The highest BCUT2D eigenvalue weighted by Crippen LogP contribution is 2.33. The summed E-state index contributed by atoms with van der Waals surface area (Å²) in [6.07, 6.45) is -0.0544. The molecule has 0 atom stereocenters. The van der Waals surface area contributed by atoms with Crippen LogP contribution in [-0.4, -0.2) is 22.2 Å². The molecule has 20 heavy (non-hydrogen) atoms. The molecule has 1 aromatic carbocycles. The minimum absolute atomic E-state index is 0.0272. The zero-order valence-electron chi connectivity index (χ0n) is 12.4. The van der Waals surface area contributed by atoms with Crippen LogP contribution in [0.3, 0.4) is 0 Å². The highest BCUT2D eigenvalue weighted by Gasteiger charge is 2.20. The van der Waals surface area contributed by atoms with Crippen LogP contribution in [0.25, 0.3) is 0 Å². The quantitative estimate of drug-likeness (QED) is 0.838. The van der Waals surface area contributed by atoms with Crippen molar-refractivity contribution in [2.24, 2.45) is 0 Å². The lowest BCUT2D eigenvalue weighted by molar-refractivity contribution is -0.137. The van der Waals surface area contributed by atoms with E-state index < -0.39 is 11.9 Å². The summed E-state index contributed by atoms with van der Waals surface area (Å²) < 4.78 is 0. The van der Waals surface area contributed by atoms with Gasteiger partial charge in [-0.25, -0.2) is 0 Å². The summed E-state index contributed by atoms with van der Waals surface area (Å²) in [5, 5.41) is 18.0. The predicted molar refractivity (Wildman–Crippen MR) is 77.3 cm³/mol. The number of carboxylic acids is 2. The first kappa shape index (κ1) is 16.2. The summed E-state index contributed by atoms with van der Waals surface area (Å²) in [6, 6.07) is 3.52. The number of carbonyl (C=O) groups is 2. The van der Waals surface area contributed by atoms with Crippen LogP contribution in [0.5, 0.6) is 0 Å². The van der Waals surface area contributed by atoms with Crippen molar-refractivity contribution < 1.29 is 19.8 Å². The van der Waals surface area contributed by atoms with E-state index in [9.17, 15) is 9.59 Å². The van der Waals surface area contributed by atoms with Crippen LogP contribution in [0.2, 0.25) is 0 Å². The Morgan fingerprint density at radius 1 is 0.850 bits per heavy atom. The molecule has 4 heteroatoms. The second-order valence-electron chi connectivity index (χ2n) is 5.66. The van der Waals surface area contributed by atoms with Crippen molar-refractivity contribution in [2.75, 3.05) is 0 Å². The largest absolute Gasteiger partial charge is 0.481 e. The van der Waals surface area contributed by atoms with Gasteiger partial charge >= 0.3 is 11.9 Å². The van der Waals surface area contributed by atoms with Gasteiger partial charge in [-0.15, -0.1) is 0 Å². The summed E-state index contributed by atoms with van der Waals surface area (Å²) in [5.41, 5.74) is 3.54. The summed E-state index contributed by atoms with van der Waals surface area (Å²) in [4.78, 5) is 22.0. The van der Waals surface area contributed by atoms with E-state index >= 15 is 0 Å². The van der Waals surface area contributed by atoms with Crippen molar-refractivity contribution in [2.45, 2.75) is 52.4 Å². The van der Waals surface area contributed by atoms with E-state index in [-0.39, 0.29) is 24.7 Å². The molecule has 0 amide bonds. The van der Waals surface area contributed by atoms with Crippen LogP contribution in [0.1, 0.15) is 61.8 Å². The summed E-state index contributed by atoms with van der Waals surface area (Å²) in [5.74, 6) is -1.41. The number of carboxylic acid groups (broad SMARTS) is 2. The van der Waals surface area contributed by atoms with Gasteiger partial charge in [0.25, 0.3) is 0 Å². The fourth-order valence-electron chi connectivity index (χ4n) is 2.72. The summed E-state index contributed by atoms with van der Waals surface area (Å²) >= 11 is 0. The van der Waals surface area contributed by atoms with E-state index in [1.54, 1.807) is 12.1 Å². The zero-order valence-corrected chi connectivity index (χ0v) is 12.4. The van der Waals surface area contributed by atoms with Gasteiger partial charge in [-0.3, -0.25) is 9.59 Å². The Labute approximate surface area is 119 Å². The molecule has 0 aliphatic rings. The molecule has 2 N–H and O–H groups in total. The second kappa shape index (κ2) is 6.55. The van der Waals surface area contributed by atoms with Crippen LogP contribution in [0, 0.1) is 0 Å². The lowest BCUT2D eigenvalue weighted by atomic mass is 9.82. The van der Waals surface area contributed by atoms with Gasteiger partial charge < -0.3 is 10.2 Å². The van der Waals surface area contributed by atoms with Crippen molar-refractivity contribution in [1.82, 2.24) is 0 Å². The molecule has 0 aliphatic carbocycles. The number of aliphatic carboxylic acids is 2. The average Bonchev–Trinajstić information content (AvgIpc) is 2.28. The molecular formula is C16H22O4. The lowest BCUT2D eigenvalue weighted by Crippen LogP contribution is -2.13. The van der Waals surface area contributed by atoms with E-state index in [1.165, 1.54) is 0 Å². The SMILES string of the molecule is CC(C)c1c(CC(=O)O)ccc(CC(=O)O)c1C(C)C. The van der Waals surface area contributed by atoms with Crippen molar-refractivity contribution >= 4 is 11.9 Å². The van der Waals surface area contributed by atoms with Gasteiger partial charge in [0.2, 0.25) is 0 Å². The van der Waals surface area contributed by atoms with Crippen molar-refractivity contribution in [3.8, 4) is 0 Å². The highest BCUT2D eigenvalue weighted by molar-refractivity contribution is 5.73. The molecule has 0 aliphatic heterocycles. The maximum absolute atomic E-state index is 11.0. The fourth-order valence-corrected chi connectivity index (χ4v) is 2.72. The Morgan fingerprint density at radius 3 is 1.35 bits per heavy atom. The minimum atomic E-state index is -0.868. The summed E-state index contributed by atoms with van der Waals surface area (Å²) in [7, 11) is 0. The first-order valence-electron chi connectivity index (χ1n) is 6.82. The first-order chi connectivity index (χ1) is 9.23. The Hall–Kier alpha value is -1.84. The zero-order chi connectivity index (χ0) is 15.4. The van der Waals surface area contributed by atoms with Gasteiger partial charge in [0.05, 0.1) is 12.8 Å². The normalized spacial score (nSPS) is 11.1. The van der Waals surface area contributed by atoms with Crippen molar-refractivity contribution in [3.63, 3.8) is 0 Å². The highest BCUT2D eigenvalue weighted by atomic mass is 16.4. The van der Waals surface area contributed by atoms with E-state index in [0.717, 1.165) is 22.3 Å². The Kier molecular flexibility index (Phi) is 5.31. The topological polar surface area (TPSA) is 74.6 Å². The molecule has 0 aromatic heterocycles. The third kappa shape index (κ3) is 3.83. The van der Waals surface area contributed by atoms with E-state index in [2.05, 4.69) is 0 Å². The maximum Gasteiger partial charge on any atom is 0.307 e. The van der Waals surface area contributed by atoms with Gasteiger partial charge in [0, 0.05) is 0 Å². The predicted octanol–water partition coefficient (Wildman–Crippen LogP) is 3.19. The molecule has 0 spiro atoms. The van der Waals surface area contributed by atoms with Gasteiger partial charge in [0.15, 0.2) is 0 Å². The van der Waals surface area contributed by atoms with Gasteiger partial charge in [-0.1, -0.05) is 39.8 Å². The van der Waals surface area contributed by atoms with Crippen molar-refractivity contribution in [3.05, 3.63) is 34.4 Å². The monoisotopic (exact) mass is 278 g/mol. The van der Waals surface area contributed by atoms with Gasteiger partial charge in [0.1, 0.15) is 0 Å². The van der Waals surface area contributed by atoms with Crippen molar-refractivity contribution in [1.29, 1.82) is 0 Å². The number of rotatable bonds is 6. The molecule has 0 bridgehead atoms. The molecule has 0 saturated heterocycles. The van der Waals surface area contributed by atoms with E-state index in [0.29, 0.717) is 0 Å². The Balaban J connectivity index is 3.49. The lowest BCUT2D eigenvalue weighted by Gasteiger charge is -2.23. The minimum Gasteiger partial charge on any atom is -0.481 e. The molecule has 0 heterocycles. The van der Waals surface area contributed by atoms with Crippen LogP contribution < -0.4 is 0 Å². The third-order valence-electron chi connectivity index (χ3n) is 3.31. The van der Waals surface area contributed by atoms with Crippen LogP contribution in [-0.2, 0) is 22.4 Å². The molecule has 1 aromatic rings. The molecule has 1 rings (SSSR count). The molecule has 0 unspecified atom stereocenters. The molecule has 0 saturated carbocycles. The van der Waals surface area contributed by atoms with Crippen LogP contribution >= 0.6 is 0 Å². The Bertz CT molecular complexity index is 468. The van der Waals surface area contributed by atoms with Gasteiger partial charge in [-0.2, -0.15) is 0 Å². The average molecular weight is 278 g/mol. The number of hydrogen-bond donors (Lipinski definition) is 2. The second-order valence-corrected chi connectivity index (χ2v) is 5.66. The number of hydrogen-bond acceptors (Lipinski definition) is 2. The van der Waals surface area contributed by atoms with Crippen LogP contribution in [0.15, 0.2) is 12.1 Å². The smallest absolute Gasteiger partial charge is 0.307 e. The maximum atomic E-state index is 11.0. The molecule has 4 nitrogen and oxygen atoms in total. The summed E-state index contributed by atoms with van der Waals surface area (Å²) in [6.45, 7) is 8.04. The number of benzene rings is 1. The molecule has 0 radical (unpaired) electrons. The fraction of sp³-hybridized carbons (Fsp3) is 0.500. The molecule has 0 fully saturated rings. The Morgan fingerprint density at radius 2 is 1.15 bits per heavy atom. The van der Waals surface area contributed by atoms with Gasteiger partial charge in [-0.05, 0) is 34.1 Å². The van der Waals surface area contributed by atoms with Crippen LogP contribution in [0.4, 0.5) is 0 Å².